The third kappa shape index (κ3) is 3.73. The summed E-state index contributed by atoms with van der Waals surface area (Å²) in [6.45, 7) is 7.37. The number of hydrogen-bond acceptors (Lipinski definition) is 1. The highest BCUT2D eigenvalue weighted by Gasteiger charge is 1.98. The van der Waals surface area contributed by atoms with Gasteiger partial charge in [0.1, 0.15) is 0 Å². The first-order chi connectivity index (χ1) is 6.86. The largest absolute Gasteiger partial charge is 0.414 e. The lowest BCUT2D eigenvalue weighted by Gasteiger charge is -2.08. The van der Waals surface area contributed by atoms with Gasteiger partial charge in [0.15, 0.2) is 9.76 Å². The number of hydrogen-bond donors (Lipinski definition) is 0. The van der Waals surface area contributed by atoms with E-state index in [0.29, 0.717) is 0 Å². The van der Waals surface area contributed by atoms with Crippen LogP contribution in [0.2, 0.25) is 0 Å². The van der Waals surface area contributed by atoms with E-state index in [-0.39, 0.29) is 6.10 Å². The van der Waals surface area contributed by atoms with Gasteiger partial charge in [-0.15, -0.1) is 13.2 Å². The second-order valence-corrected chi connectivity index (χ2v) is 4.28. The Kier molecular flexibility index (Phi) is 4.97. The van der Waals surface area contributed by atoms with E-state index >= 15 is 0 Å². The second kappa shape index (κ2) is 6.35. The van der Waals surface area contributed by atoms with Gasteiger partial charge in [0, 0.05) is 0 Å². The van der Waals surface area contributed by atoms with Crippen LogP contribution in [0, 0.1) is 0 Å². The van der Waals surface area contributed by atoms with Crippen LogP contribution >= 0.6 is 0 Å². The molecule has 0 spiro atoms. The first-order valence-corrected chi connectivity index (χ1v) is 6.35. The second-order valence-electron chi connectivity index (χ2n) is 3.04. The summed E-state index contributed by atoms with van der Waals surface area (Å²) in [7, 11) is -0.499. The normalized spacial score (nSPS) is 10.9. The average Bonchev–Trinajstić information content (AvgIpc) is 2.26. The summed E-state index contributed by atoms with van der Waals surface area (Å²) >= 11 is 0. The van der Waals surface area contributed by atoms with E-state index < -0.39 is 9.76 Å². The molecule has 1 nitrogen and oxygen atoms in total. The topological polar surface area (TPSA) is 9.23 Å². The Hall–Kier alpha value is -1.12. The van der Waals surface area contributed by atoms with Crippen molar-refractivity contribution in [3.8, 4) is 0 Å². The van der Waals surface area contributed by atoms with Crippen LogP contribution in [0.4, 0.5) is 0 Å². The van der Waals surface area contributed by atoms with E-state index in [1.807, 2.05) is 6.07 Å². The molecule has 0 radical (unpaired) electrons. The molecule has 0 unspecified atom stereocenters. The van der Waals surface area contributed by atoms with Crippen molar-refractivity contribution in [3.63, 3.8) is 0 Å². The quantitative estimate of drug-likeness (QED) is 0.509. The lowest BCUT2D eigenvalue weighted by Crippen LogP contribution is -2.11. The van der Waals surface area contributed by atoms with Gasteiger partial charge in [-0.05, 0) is 11.6 Å². The maximum absolute atomic E-state index is 5.65. The minimum Gasteiger partial charge on any atom is -0.414 e. The van der Waals surface area contributed by atoms with E-state index in [2.05, 4.69) is 37.4 Å². The Balaban J connectivity index is 2.28. The molecule has 0 aliphatic carbocycles. The van der Waals surface area contributed by atoms with Gasteiger partial charge >= 0.3 is 0 Å². The maximum Gasteiger partial charge on any atom is 0.167 e. The Bertz CT molecular complexity index is 274. The van der Waals surface area contributed by atoms with Crippen LogP contribution in [0.1, 0.15) is 5.56 Å². The molecule has 0 atom stereocenters. The molecular formula is C12H16OSi. The van der Waals surface area contributed by atoms with Gasteiger partial charge in [0.2, 0.25) is 0 Å². The Morgan fingerprint density at radius 3 is 2.43 bits per heavy atom. The predicted octanol–water partition coefficient (Wildman–Crippen LogP) is 2.03. The summed E-state index contributed by atoms with van der Waals surface area (Å²) < 4.78 is 5.65. The summed E-state index contributed by atoms with van der Waals surface area (Å²) in [6.07, 6.45) is 3.60. The minimum absolute atomic E-state index is 0.0328. The molecule has 0 amide bonds. The average molecular weight is 204 g/mol. The van der Waals surface area contributed by atoms with Gasteiger partial charge in [-0.2, -0.15) is 0 Å². The van der Waals surface area contributed by atoms with Crippen molar-refractivity contribution in [1.82, 2.24) is 0 Å². The molecule has 1 aromatic rings. The third-order valence-electron chi connectivity index (χ3n) is 2.01. The van der Waals surface area contributed by atoms with Crippen LogP contribution < -0.4 is 0 Å². The molecule has 0 N–H and O–H groups in total. The molecule has 0 saturated carbocycles. The molecule has 1 rings (SSSR count). The van der Waals surface area contributed by atoms with Crippen LogP contribution in [-0.2, 0) is 10.5 Å². The van der Waals surface area contributed by atoms with E-state index in [1.54, 1.807) is 12.2 Å². The predicted molar refractivity (Wildman–Crippen MR) is 64.0 cm³/mol. The Labute approximate surface area is 88.1 Å². The first-order valence-electron chi connectivity index (χ1n) is 4.77. The molecule has 14 heavy (non-hydrogen) atoms. The van der Waals surface area contributed by atoms with Gasteiger partial charge in [-0.25, -0.2) is 0 Å². The zero-order chi connectivity index (χ0) is 10.2. The van der Waals surface area contributed by atoms with Gasteiger partial charge in [0.05, 0.1) is 6.10 Å². The number of rotatable bonds is 6. The number of benzene rings is 1. The van der Waals surface area contributed by atoms with Crippen molar-refractivity contribution in [2.75, 3.05) is 0 Å². The minimum atomic E-state index is -0.499. The molecule has 0 fully saturated rings. The van der Waals surface area contributed by atoms with Crippen molar-refractivity contribution in [2.45, 2.75) is 12.1 Å². The molecule has 74 valence electrons. The van der Waals surface area contributed by atoms with Crippen molar-refractivity contribution in [3.05, 3.63) is 61.2 Å². The molecular weight excluding hydrogens is 188 g/mol. The van der Waals surface area contributed by atoms with E-state index in [4.69, 9.17) is 4.43 Å². The third-order valence-corrected chi connectivity index (χ3v) is 3.41. The fourth-order valence-electron chi connectivity index (χ4n) is 1.19. The van der Waals surface area contributed by atoms with Crippen LogP contribution in [0.3, 0.4) is 0 Å². The zero-order valence-corrected chi connectivity index (χ0v) is 9.77. The SMILES string of the molecule is C=CC(C=C)O[SiH2]Cc1ccccc1. The zero-order valence-electron chi connectivity index (χ0n) is 8.36. The first kappa shape index (κ1) is 11.0. The van der Waals surface area contributed by atoms with Crippen LogP contribution in [0.15, 0.2) is 55.6 Å². The molecule has 1 aromatic carbocycles. The molecule has 0 aliphatic rings. The van der Waals surface area contributed by atoms with Gasteiger partial charge in [-0.1, -0.05) is 42.5 Å². The highest BCUT2D eigenvalue weighted by Crippen LogP contribution is 2.00. The van der Waals surface area contributed by atoms with Crippen molar-refractivity contribution in [2.24, 2.45) is 0 Å². The standard InChI is InChI=1S/C12H16OSi/c1-3-12(4-2)13-14-10-11-8-6-5-7-9-11/h3-9,12H,1-2,10,14H2. The molecule has 0 aromatic heterocycles. The fourth-order valence-corrected chi connectivity index (χ4v) is 2.42. The van der Waals surface area contributed by atoms with Crippen LogP contribution in [0.25, 0.3) is 0 Å². The van der Waals surface area contributed by atoms with Gasteiger partial charge in [-0.3, -0.25) is 0 Å². The summed E-state index contributed by atoms with van der Waals surface area (Å²) in [6, 6.07) is 11.5. The van der Waals surface area contributed by atoms with Gasteiger partial charge < -0.3 is 4.43 Å². The van der Waals surface area contributed by atoms with Crippen LogP contribution in [-0.4, -0.2) is 15.9 Å². The molecule has 0 saturated heterocycles. The highest BCUT2D eigenvalue weighted by atomic mass is 28.2. The smallest absolute Gasteiger partial charge is 0.167 e. The van der Waals surface area contributed by atoms with Crippen molar-refractivity contribution in [1.29, 1.82) is 0 Å². The fraction of sp³-hybridized carbons (Fsp3) is 0.167. The van der Waals surface area contributed by atoms with Crippen LogP contribution in [0.5, 0.6) is 0 Å². The Morgan fingerprint density at radius 2 is 1.86 bits per heavy atom. The van der Waals surface area contributed by atoms with Gasteiger partial charge in [0.25, 0.3) is 0 Å². The monoisotopic (exact) mass is 204 g/mol. The lowest BCUT2D eigenvalue weighted by molar-refractivity contribution is 0.313. The molecule has 0 aliphatic heterocycles. The van der Waals surface area contributed by atoms with E-state index in [0.717, 1.165) is 6.04 Å². The highest BCUT2D eigenvalue weighted by molar-refractivity contribution is 6.26. The molecule has 0 bridgehead atoms. The summed E-state index contributed by atoms with van der Waals surface area (Å²) in [5.74, 6) is 0. The summed E-state index contributed by atoms with van der Waals surface area (Å²) in [5.41, 5.74) is 1.35. The van der Waals surface area contributed by atoms with Crippen molar-refractivity contribution >= 4 is 9.76 Å². The molecule has 2 heteroatoms. The Morgan fingerprint density at radius 1 is 1.21 bits per heavy atom. The van der Waals surface area contributed by atoms with E-state index in [1.165, 1.54) is 5.56 Å². The van der Waals surface area contributed by atoms with Crippen molar-refractivity contribution < 1.29 is 4.43 Å². The molecule has 0 heterocycles. The summed E-state index contributed by atoms with van der Waals surface area (Å²) in [4.78, 5) is 0. The van der Waals surface area contributed by atoms with E-state index in [9.17, 15) is 0 Å². The maximum atomic E-state index is 5.65. The summed E-state index contributed by atoms with van der Waals surface area (Å²) in [5, 5.41) is 0. The lowest BCUT2D eigenvalue weighted by atomic mass is 10.2.